The van der Waals surface area contributed by atoms with E-state index < -0.39 is 0 Å². The standard InChI is InChI=1S/C18H31NO3/c20-17-9-5-8-15(17)16-13-22-11-10-19(16)18(21)12-14-6-3-1-2-4-7-14/h14-17,20H,1-13H2/t15-,16+,17+/m0/s1. The second kappa shape index (κ2) is 7.78. The van der Waals surface area contributed by atoms with Crippen LogP contribution in [-0.2, 0) is 9.53 Å². The topological polar surface area (TPSA) is 49.8 Å². The molecule has 0 radical (unpaired) electrons. The molecular weight excluding hydrogens is 278 g/mol. The third-order valence-corrected chi connectivity index (χ3v) is 5.95. The van der Waals surface area contributed by atoms with Gasteiger partial charge in [-0.2, -0.15) is 0 Å². The normalized spacial score (nSPS) is 34.6. The van der Waals surface area contributed by atoms with Gasteiger partial charge < -0.3 is 14.7 Å². The number of aliphatic hydroxyl groups excluding tert-OH is 1. The minimum absolute atomic E-state index is 0.101. The Bertz CT molecular complexity index is 365. The van der Waals surface area contributed by atoms with Crippen molar-refractivity contribution in [2.75, 3.05) is 19.8 Å². The summed E-state index contributed by atoms with van der Waals surface area (Å²) in [7, 11) is 0. The number of rotatable bonds is 3. The van der Waals surface area contributed by atoms with Crippen molar-refractivity contribution in [1.29, 1.82) is 0 Å². The first-order valence-corrected chi connectivity index (χ1v) is 9.31. The minimum atomic E-state index is -0.250. The van der Waals surface area contributed by atoms with E-state index in [0.717, 1.165) is 19.3 Å². The number of aliphatic hydroxyl groups is 1. The van der Waals surface area contributed by atoms with Crippen molar-refractivity contribution in [3.63, 3.8) is 0 Å². The molecule has 1 heterocycles. The van der Waals surface area contributed by atoms with E-state index in [1.165, 1.54) is 38.5 Å². The van der Waals surface area contributed by atoms with E-state index in [1.807, 2.05) is 4.90 Å². The molecule has 22 heavy (non-hydrogen) atoms. The molecule has 1 N–H and O–H groups in total. The van der Waals surface area contributed by atoms with E-state index in [0.29, 0.717) is 38.0 Å². The molecule has 126 valence electrons. The first-order valence-electron chi connectivity index (χ1n) is 9.31. The summed E-state index contributed by atoms with van der Waals surface area (Å²) >= 11 is 0. The molecule has 3 atom stereocenters. The predicted molar refractivity (Wildman–Crippen MR) is 85.5 cm³/mol. The van der Waals surface area contributed by atoms with Gasteiger partial charge in [-0.25, -0.2) is 0 Å². The highest BCUT2D eigenvalue weighted by Gasteiger charge is 2.39. The van der Waals surface area contributed by atoms with Gasteiger partial charge in [0.05, 0.1) is 25.4 Å². The molecule has 1 aliphatic heterocycles. The zero-order chi connectivity index (χ0) is 15.4. The van der Waals surface area contributed by atoms with Crippen LogP contribution in [0.25, 0.3) is 0 Å². The number of amides is 1. The van der Waals surface area contributed by atoms with Crippen LogP contribution in [-0.4, -0.2) is 47.8 Å². The highest BCUT2D eigenvalue weighted by atomic mass is 16.5. The van der Waals surface area contributed by atoms with Gasteiger partial charge in [0.1, 0.15) is 0 Å². The number of carbonyl (C=O) groups excluding carboxylic acids is 1. The van der Waals surface area contributed by atoms with Crippen molar-refractivity contribution in [1.82, 2.24) is 4.90 Å². The summed E-state index contributed by atoms with van der Waals surface area (Å²) in [6.45, 7) is 1.97. The molecular formula is C18H31NO3. The third-order valence-electron chi connectivity index (χ3n) is 5.95. The van der Waals surface area contributed by atoms with Gasteiger partial charge in [0, 0.05) is 18.9 Å². The molecule has 1 amide bonds. The highest BCUT2D eigenvalue weighted by Crippen LogP contribution is 2.33. The number of nitrogens with zero attached hydrogens (tertiary/aromatic N) is 1. The zero-order valence-corrected chi connectivity index (χ0v) is 13.7. The lowest BCUT2D eigenvalue weighted by atomic mass is 9.92. The Morgan fingerprint density at radius 2 is 1.82 bits per heavy atom. The highest BCUT2D eigenvalue weighted by molar-refractivity contribution is 5.77. The van der Waals surface area contributed by atoms with E-state index in [-0.39, 0.29) is 18.1 Å². The second-order valence-corrected chi connectivity index (χ2v) is 7.45. The van der Waals surface area contributed by atoms with Gasteiger partial charge in [0.2, 0.25) is 5.91 Å². The Kier molecular flexibility index (Phi) is 5.75. The fourth-order valence-corrected chi connectivity index (χ4v) is 4.64. The van der Waals surface area contributed by atoms with Crippen LogP contribution >= 0.6 is 0 Å². The van der Waals surface area contributed by atoms with Crippen LogP contribution < -0.4 is 0 Å². The van der Waals surface area contributed by atoms with Crippen LogP contribution in [0.1, 0.15) is 64.2 Å². The molecule has 3 fully saturated rings. The van der Waals surface area contributed by atoms with Crippen LogP contribution in [0.3, 0.4) is 0 Å². The van der Waals surface area contributed by atoms with Crippen LogP contribution in [0.2, 0.25) is 0 Å². The first kappa shape index (κ1) is 16.3. The molecule has 0 unspecified atom stereocenters. The number of morpholine rings is 1. The lowest BCUT2D eigenvalue weighted by Gasteiger charge is -2.40. The summed E-state index contributed by atoms with van der Waals surface area (Å²) < 4.78 is 5.63. The van der Waals surface area contributed by atoms with Gasteiger partial charge in [0.25, 0.3) is 0 Å². The van der Waals surface area contributed by atoms with Crippen molar-refractivity contribution in [3.8, 4) is 0 Å². The Hall–Kier alpha value is -0.610. The number of carbonyl (C=O) groups is 1. The molecule has 2 aliphatic carbocycles. The molecule has 4 nitrogen and oxygen atoms in total. The molecule has 0 aromatic carbocycles. The second-order valence-electron chi connectivity index (χ2n) is 7.45. The molecule has 0 aromatic heterocycles. The monoisotopic (exact) mass is 309 g/mol. The molecule has 3 rings (SSSR count). The predicted octanol–water partition coefficient (Wildman–Crippen LogP) is 2.74. The van der Waals surface area contributed by atoms with Crippen molar-refractivity contribution >= 4 is 5.91 Å². The third kappa shape index (κ3) is 3.83. The largest absolute Gasteiger partial charge is 0.393 e. The average molecular weight is 309 g/mol. The lowest BCUT2D eigenvalue weighted by molar-refractivity contribution is -0.145. The fraction of sp³-hybridized carbons (Fsp3) is 0.944. The fourth-order valence-electron chi connectivity index (χ4n) is 4.64. The molecule has 1 saturated heterocycles. The van der Waals surface area contributed by atoms with Crippen molar-refractivity contribution in [3.05, 3.63) is 0 Å². The smallest absolute Gasteiger partial charge is 0.223 e. The number of ether oxygens (including phenoxy) is 1. The summed E-state index contributed by atoms with van der Waals surface area (Å²) in [6.07, 6.45) is 11.1. The van der Waals surface area contributed by atoms with Crippen LogP contribution in [0, 0.1) is 11.8 Å². The van der Waals surface area contributed by atoms with Gasteiger partial charge in [0.15, 0.2) is 0 Å². The Labute approximate surface area is 134 Å². The van der Waals surface area contributed by atoms with Crippen LogP contribution in [0.15, 0.2) is 0 Å². The maximum Gasteiger partial charge on any atom is 0.223 e. The summed E-state index contributed by atoms with van der Waals surface area (Å²) in [5.74, 6) is 1.10. The van der Waals surface area contributed by atoms with E-state index in [9.17, 15) is 9.90 Å². The van der Waals surface area contributed by atoms with Gasteiger partial charge >= 0.3 is 0 Å². The quantitative estimate of drug-likeness (QED) is 0.816. The Balaban J connectivity index is 1.60. The SMILES string of the molecule is O=C(CC1CCCCCC1)N1CCOC[C@@H]1[C@@H]1CCC[C@H]1O. The van der Waals surface area contributed by atoms with E-state index in [1.54, 1.807) is 0 Å². The summed E-state index contributed by atoms with van der Waals surface area (Å²) in [5, 5.41) is 10.2. The molecule has 0 aromatic rings. The van der Waals surface area contributed by atoms with Crippen molar-refractivity contribution in [2.24, 2.45) is 11.8 Å². The van der Waals surface area contributed by atoms with E-state index in [2.05, 4.69) is 0 Å². The van der Waals surface area contributed by atoms with E-state index >= 15 is 0 Å². The van der Waals surface area contributed by atoms with Gasteiger partial charge in [-0.1, -0.05) is 32.1 Å². The molecule has 4 heteroatoms. The van der Waals surface area contributed by atoms with Gasteiger partial charge in [-0.3, -0.25) is 4.79 Å². The maximum atomic E-state index is 12.8. The molecule has 2 saturated carbocycles. The molecule has 3 aliphatic rings. The lowest BCUT2D eigenvalue weighted by Crippen LogP contribution is -2.53. The Morgan fingerprint density at radius 3 is 2.50 bits per heavy atom. The van der Waals surface area contributed by atoms with Gasteiger partial charge in [-0.05, 0) is 31.6 Å². The molecule has 0 bridgehead atoms. The van der Waals surface area contributed by atoms with Crippen LogP contribution in [0.5, 0.6) is 0 Å². The van der Waals surface area contributed by atoms with Gasteiger partial charge in [-0.15, -0.1) is 0 Å². The van der Waals surface area contributed by atoms with E-state index in [4.69, 9.17) is 4.74 Å². The van der Waals surface area contributed by atoms with Crippen LogP contribution in [0.4, 0.5) is 0 Å². The zero-order valence-electron chi connectivity index (χ0n) is 13.7. The number of hydrogen-bond acceptors (Lipinski definition) is 3. The first-order chi connectivity index (χ1) is 10.8. The maximum absolute atomic E-state index is 12.8. The summed E-state index contributed by atoms with van der Waals surface area (Å²) in [6, 6.07) is 0.101. The van der Waals surface area contributed by atoms with Crippen molar-refractivity contribution in [2.45, 2.75) is 76.4 Å². The average Bonchev–Trinajstić information content (AvgIpc) is 2.80. The number of hydrogen-bond donors (Lipinski definition) is 1. The summed E-state index contributed by atoms with van der Waals surface area (Å²) in [5.41, 5.74) is 0. The minimum Gasteiger partial charge on any atom is -0.393 e. The molecule has 0 spiro atoms. The van der Waals surface area contributed by atoms with Crippen molar-refractivity contribution < 1.29 is 14.6 Å². The summed E-state index contributed by atoms with van der Waals surface area (Å²) in [4.78, 5) is 14.9. The Morgan fingerprint density at radius 1 is 1.05 bits per heavy atom.